The predicted molar refractivity (Wildman–Crippen MR) is 98.9 cm³/mol. The van der Waals surface area contributed by atoms with E-state index in [2.05, 4.69) is 21.3 Å². The second kappa shape index (κ2) is 9.04. The fourth-order valence-electron chi connectivity index (χ4n) is 2.67. The number of hydrogen-bond acceptors (Lipinski definition) is 7. The summed E-state index contributed by atoms with van der Waals surface area (Å²) in [6, 6.07) is 9.72. The number of benzene rings is 1. The molecule has 2 heterocycles. The first-order valence-corrected chi connectivity index (χ1v) is 8.55. The molecule has 2 aromatic rings. The quantitative estimate of drug-likeness (QED) is 0.818. The van der Waals surface area contributed by atoms with Crippen molar-refractivity contribution in [2.45, 2.75) is 0 Å². The third-order valence-electron chi connectivity index (χ3n) is 4.08. The molecule has 0 bridgehead atoms. The SMILES string of the molecule is COc1cccc(/C=C/c2nc(C#N)c(NCCN3CCOCC3)o2)c1. The van der Waals surface area contributed by atoms with E-state index in [0.717, 1.165) is 44.2 Å². The van der Waals surface area contributed by atoms with Crippen LogP contribution < -0.4 is 10.1 Å². The van der Waals surface area contributed by atoms with Crippen molar-refractivity contribution in [1.29, 1.82) is 5.26 Å². The standard InChI is InChI=1S/C19H22N4O3/c1-24-16-4-2-3-15(13-16)5-6-18-22-17(14-20)19(26-18)21-7-8-23-9-11-25-12-10-23/h2-6,13,21H,7-12H2,1H3/b6-5+. The highest BCUT2D eigenvalue weighted by atomic mass is 16.5. The average Bonchev–Trinajstić information content (AvgIpc) is 3.09. The second-order valence-electron chi connectivity index (χ2n) is 5.83. The van der Waals surface area contributed by atoms with E-state index in [1.165, 1.54) is 0 Å². The first-order chi connectivity index (χ1) is 12.8. The van der Waals surface area contributed by atoms with Gasteiger partial charge in [-0.2, -0.15) is 10.2 Å². The number of methoxy groups -OCH3 is 1. The molecule has 1 saturated heterocycles. The van der Waals surface area contributed by atoms with E-state index < -0.39 is 0 Å². The van der Waals surface area contributed by atoms with Crippen molar-refractivity contribution in [3.63, 3.8) is 0 Å². The topological polar surface area (TPSA) is 83.5 Å². The number of morpholine rings is 1. The third-order valence-corrected chi connectivity index (χ3v) is 4.08. The Labute approximate surface area is 152 Å². The van der Waals surface area contributed by atoms with Crippen molar-refractivity contribution >= 4 is 18.0 Å². The highest BCUT2D eigenvalue weighted by Gasteiger charge is 2.13. The number of rotatable bonds is 7. The summed E-state index contributed by atoms with van der Waals surface area (Å²) >= 11 is 0. The van der Waals surface area contributed by atoms with Gasteiger partial charge in [-0.15, -0.1) is 0 Å². The Bertz CT molecular complexity index is 788. The van der Waals surface area contributed by atoms with Gasteiger partial charge in [0.2, 0.25) is 17.5 Å². The van der Waals surface area contributed by atoms with Crippen LogP contribution in [0, 0.1) is 11.3 Å². The van der Waals surface area contributed by atoms with Crippen LogP contribution in [-0.4, -0.2) is 56.4 Å². The molecule has 0 saturated carbocycles. The lowest BCUT2D eigenvalue weighted by Gasteiger charge is -2.26. The Hall–Kier alpha value is -2.82. The number of oxazole rings is 1. The van der Waals surface area contributed by atoms with Crippen LogP contribution in [0.3, 0.4) is 0 Å². The average molecular weight is 354 g/mol. The maximum Gasteiger partial charge on any atom is 0.232 e. The third kappa shape index (κ3) is 4.85. The zero-order valence-electron chi connectivity index (χ0n) is 14.8. The van der Waals surface area contributed by atoms with E-state index >= 15 is 0 Å². The fourth-order valence-corrected chi connectivity index (χ4v) is 2.67. The lowest BCUT2D eigenvalue weighted by atomic mass is 10.2. The molecule has 1 aromatic heterocycles. The highest BCUT2D eigenvalue weighted by molar-refractivity contribution is 5.67. The van der Waals surface area contributed by atoms with Crippen molar-refractivity contribution < 1.29 is 13.9 Å². The van der Waals surface area contributed by atoms with E-state index in [1.807, 2.05) is 30.3 Å². The Kier molecular flexibility index (Phi) is 6.25. The molecule has 0 amide bonds. The lowest BCUT2D eigenvalue weighted by Crippen LogP contribution is -2.39. The van der Waals surface area contributed by atoms with Crippen molar-refractivity contribution in [3.05, 3.63) is 41.4 Å². The van der Waals surface area contributed by atoms with Crippen LogP contribution in [0.5, 0.6) is 5.75 Å². The maximum atomic E-state index is 9.25. The summed E-state index contributed by atoms with van der Waals surface area (Å²) in [5, 5.41) is 12.4. The predicted octanol–water partition coefficient (Wildman–Crippen LogP) is 2.47. The lowest BCUT2D eigenvalue weighted by molar-refractivity contribution is 0.0398. The second-order valence-corrected chi connectivity index (χ2v) is 5.83. The summed E-state index contributed by atoms with van der Waals surface area (Å²) in [7, 11) is 1.63. The summed E-state index contributed by atoms with van der Waals surface area (Å²) in [5.74, 6) is 1.58. The molecule has 0 spiro atoms. The van der Waals surface area contributed by atoms with Crippen LogP contribution >= 0.6 is 0 Å². The molecule has 7 nitrogen and oxygen atoms in total. The molecule has 3 rings (SSSR count). The summed E-state index contributed by atoms with van der Waals surface area (Å²) < 4.78 is 16.2. The molecule has 26 heavy (non-hydrogen) atoms. The van der Waals surface area contributed by atoms with Crippen molar-refractivity contribution in [2.24, 2.45) is 0 Å². The van der Waals surface area contributed by atoms with Gasteiger partial charge in [-0.1, -0.05) is 12.1 Å². The van der Waals surface area contributed by atoms with Gasteiger partial charge in [-0.05, 0) is 23.8 Å². The number of ether oxygens (including phenoxy) is 2. The Morgan fingerprint density at radius 2 is 2.19 bits per heavy atom. The van der Waals surface area contributed by atoms with Crippen LogP contribution in [0.2, 0.25) is 0 Å². The van der Waals surface area contributed by atoms with E-state index in [9.17, 15) is 5.26 Å². The number of anilines is 1. The largest absolute Gasteiger partial charge is 0.497 e. The number of hydrogen-bond donors (Lipinski definition) is 1. The maximum absolute atomic E-state index is 9.25. The van der Waals surface area contributed by atoms with Gasteiger partial charge < -0.3 is 19.2 Å². The molecule has 7 heteroatoms. The minimum absolute atomic E-state index is 0.261. The van der Waals surface area contributed by atoms with Gasteiger partial charge in [0.15, 0.2) is 0 Å². The Morgan fingerprint density at radius 1 is 1.35 bits per heavy atom. The summed E-state index contributed by atoms with van der Waals surface area (Å²) in [6.45, 7) is 4.94. The van der Waals surface area contributed by atoms with E-state index in [0.29, 0.717) is 18.3 Å². The van der Waals surface area contributed by atoms with Gasteiger partial charge in [0.05, 0.1) is 20.3 Å². The molecule has 1 aliphatic heterocycles. The van der Waals surface area contributed by atoms with Gasteiger partial charge in [0.1, 0.15) is 11.8 Å². The first-order valence-electron chi connectivity index (χ1n) is 8.55. The van der Waals surface area contributed by atoms with E-state index in [4.69, 9.17) is 13.9 Å². The van der Waals surface area contributed by atoms with Gasteiger partial charge >= 0.3 is 0 Å². The van der Waals surface area contributed by atoms with Crippen LogP contribution in [0.25, 0.3) is 12.2 Å². The zero-order chi connectivity index (χ0) is 18.2. The highest BCUT2D eigenvalue weighted by Crippen LogP contribution is 2.19. The molecule has 0 aliphatic carbocycles. The minimum Gasteiger partial charge on any atom is -0.497 e. The van der Waals surface area contributed by atoms with Gasteiger partial charge in [-0.3, -0.25) is 4.90 Å². The minimum atomic E-state index is 0.261. The van der Waals surface area contributed by atoms with E-state index in [-0.39, 0.29) is 5.69 Å². The first kappa shape index (κ1) is 18.0. The summed E-state index contributed by atoms with van der Waals surface area (Å²) in [6.07, 6.45) is 3.61. The Morgan fingerprint density at radius 3 is 2.96 bits per heavy atom. The smallest absolute Gasteiger partial charge is 0.232 e. The van der Waals surface area contributed by atoms with Crippen molar-refractivity contribution in [3.8, 4) is 11.8 Å². The molecule has 1 aromatic carbocycles. The van der Waals surface area contributed by atoms with Crippen LogP contribution in [-0.2, 0) is 4.74 Å². The van der Waals surface area contributed by atoms with Gasteiger partial charge in [0.25, 0.3) is 0 Å². The Balaban J connectivity index is 1.60. The summed E-state index contributed by atoms with van der Waals surface area (Å²) in [4.78, 5) is 6.52. The summed E-state index contributed by atoms with van der Waals surface area (Å²) in [5.41, 5.74) is 1.22. The normalized spacial score (nSPS) is 15.1. The monoisotopic (exact) mass is 354 g/mol. The number of nitrogens with zero attached hydrogens (tertiary/aromatic N) is 3. The number of aromatic nitrogens is 1. The molecule has 1 aliphatic rings. The molecule has 136 valence electrons. The number of nitriles is 1. The fraction of sp³-hybridized carbons (Fsp3) is 0.368. The molecule has 0 atom stereocenters. The van der Waals surface area contributed by atoms with Crippen molar-refractivity contribution in [1.82, 2.24) is 9.88 Å². The van der Waals surface area contributed by atoms with Crippen molar-refractivity contribution in [2.75, 3.05) is 51.8 Å². The van der Waals surface area contributed by atoms with Crippen LogP contribution in [0.1, 0.15) is 17.1 Å². The van der Waals surface area contributed by atoms with Crippen LogP contribution in [0.4, 0.5) is 5.88 Å². The molecular weight excluding hydrogens is 332 g/mol. The molecule has 0 unspecified atom stereocenters. The molecule has 0 radical (unpaired) electrons. The number of nitrogens with one attached hydrogen (secondary N) is 1. The molecule has 1 N–H and O–H groups in total. The van der Waals surface area contributed by atoms with Gasteiger partial charge in [-0.25, -0.2) is 0 Å². The molecule has 1 fully saturated rings. The van der Waals surface area contributed by atoms with Crippen LogP contribution in [0.15, 0.2) is 28.7 Å². The van der Waals surface area contributed by atoms with E-state index in [1.54, 1.807) is 13.2 Å². The zero-order valence-corrected chi connectivity index (χ0v) is 14.8. The molecular formula is C19H22N4O3. The van der Waals surface area contributed by atoms with Gasteiger partial charge in [0, 0.05) is 32.3 Å².